The maximum absolute atomic E-state index is 12.5. The number of halogens is 2. The summed E-state index contributed by atoms with van der Waals surface area (Å²) in [6.45, 7) is 1.23. The van der Waals surface area contributed by atoms with Crippen LogP contribution in [0.25, 0.3) is 6.08 Å². The first-order valence-corrected chi connectivity index (χ1v) is 11.1. The van der Waals surface area contributed by atoms with Crippen molar-refractivity contribution in [1.29, 1.82) is 0 Å². The fourth-order valence-corrected chi connectivity index (χ4v) is 4.60. The van der Waals surface area contributed by atoms with Crippen molar-refractivity contribution in [1.82, 2.24) is 9.21 Å². The number of nitrogens with zero attached hydrogens (tertiary/aromatic N) is 2. The molecule has 2 aromatic carbocycles. The van der Waals surface area contributed by atoms with Crippen LogP contribution in [0.2, 0.25) is 10.0 Å². The van der Waals surface area contributed by atoms with Crippen molar-refractivity contribution < 1.29 is 13.2 Å². The molecule has 0 spiro atoms. The van der Waals surface area contributed by atoms with Gasteiger partial charge in [0.15, 0.2) is 0 Å². The van der Waals surface area contributed by atoms with Crippen molar-refractivity contribution >= 4 is 45.2 Å². The summed E-state index contributed by atoms with van der Waals surface area (Å²) < 4.78 is 26.4. The van der Waals surface area contributed by atoms with Crippen LogP contribution in [0.1, 0.15) is 11.1 Å². The van der Waals surface area contributed by atoms with Gasteiger partial charge in [-0.2, -0.15) is 4.31 Å². The second-order valence-corrected chi connectivity index (χ2v) is 9.11. The van der Waals surface area contributed by atoms with Crippen molar-refractivity contribution in [3.05, 3.63) is 75.1 Å². The van der Waals surface area contributed by atoms with Crippen LogP contribution in [0.5, 0.6) is 0 Å². The van der Waals surface area contributed by atoms with Gasteiger partial charge in [0.25, 0.3) is 0 Å². The van der Waals surface area contributed by atoms with Gasteiger partial charge in [0, 0.05) is 41.6 Å². The zero-order chi connectivity index (χ0) is 20.1. The molecular weight excluding hydrogens is 419 g/mol. The Hall–Kier alpha value is -1.86. The number of piperazine rings is 1. The van der Waals surface area contributed by atoms with Gasteiger partial charge in [0.1, 0.15) is 0 Å². The van der Waals surface area contributed by atoms with Crippen molar-refractivity contribution in [2.24, 2.45) is 0 Å². The van der Waals surface area contributed by atoms with Gasteiger partial charge in [-0.15, -0.1) is 0 Å². The van der Waals surface area contributed by atoms with Crippen LogP contribution in [-0.4, -0.2) is 49.7 Å². The average molecular weight is 439 g/mol. The molecular formula is C20H20Cl2N2O3S. The monoisotopic (exact) mass is 438 g/mol. The van der Waals surface area contributed by atoms with E-state index in [1.165, 1.54) is 9.71 Å². The van der Waals surface area contributed by atoms with Crippen LogP contribution in [-0.2, 0) is 21.2 Å². The van der Waals surface area contributed by atoms with Gasteiger partial charge in [-0.1, -0.05) is 59.6 Å². The highest BCUT2D eigenvalue weighted by molar-refractivity contribution is 7.92. The number of hydrogen-bond donors (Lipinski definition) is 0. The van der Waals surface area contributed by atoms with Crippen LogP contribution in [0, 0.1) is 0 Å². The third kappa shape index (κ3) is 5.35. The molecule has 0 radical (unpaired) electrons. The first-order valence-electron chi connectivity index (χ1n) is 8.80. The first-order chi connectivity index (χ1) is 13.3. The smallest absolute Gasteiger partial charge is 0.236 e. The van der Waals surface area contributed by atoms with Gasteiger partial charge in [0.2, 0.25) is 15.9 Å². The summed E-state index contributed by atoms with van der Waals surface area (Å²) in [5, 5.41) is 2.18. The molecule has 28 heavy (non-hydrogen) atoms. The lowest BCUT2D eigenvalue weighted by Gasteiger charge is -2.33. The van der Waals surface area contributed by atoms with Crippen LogP contribution in [0.15, 0.2) is 53.9 Å². The Morgan fingerprint density at radius 1 is 1.00 bits per heavy atom. The van der Waals surface area contributed by atoms with Crippen molar-refractivity contribution in [3.8, 4) is 0 Å². The highest BCUT2D eigenvalue weighted by Crippen LogP contribution is 2.22. The molecule has 8 heteroatoms. The molecule has 148 valence electrons. The zero-order valence-electron chi connectivity index (χ0n) is 15.1. The number of rotatable bonds is 5. The normalized spacial score (nSPS) is 15.9. The zero-order valence-corrected chi connectivity index (χ0v) is 17.4. The molecule has 0 atom stereocenters. The lowest BCUT2D eigenvalue weighted by molar-refractivity contribution is -0.131. The number of carbonyl (C=O) groups excluding carboxylic acids is 1. The van der Waals surface area contributed by atoms with E-state index in [0.29, 0.717) is 28.7 Å². The lowest BCUT2D eigenvalue weighted by atomic mass is 10.1. The molecule has 1 amide bonds. The summed E-state index contributed by atoms with van der Waals surface area (Å²) >= 11 is 12.0. The Bertz CT molecular complexity index is 970. The van der Waals surface area contributed by atoms with Crippen molar-refractivity contribution in [3.63, 3.8) is 0 Å². The van der Waals surface area contributed by atoms with E-state index >= 15 is 0 Å². The molecule has 0 aromatic heterocycles. The minimum Gasteiger partial charge on any atom is -0.340 e. The minimum absolute atomic E-state index is 0.0823. The van der Waals surface area contributed by atoms with Gasteiger partial charge in [0.05, 0.1) is 6.42 Å². The van der Waals surface area contributed by atoms with Gasteiger partial charge < -0.3 is 4.90 Å². The summed E-state index contributed by atoms with van der Waals surface area (Å²) in [5.41, 5.74) is 1.52. The number of amides is 1. The number of benzene rings is 2. The second kappa shape index (κ2) is 9.09. The van der Waals surface area contributed by atoms with E-state index in [1.54, 1.807) is 29.2 Å². The van der Waals surface area contributed by atoms with Gasteiger partial charge in [-0.25, -0.2) is 8.42 Å². The molecule has 0 aliphatic carbocycles. The number of hydrogen-bond acceptors (Lipinski definition) is 3. The third-order valence-electron chi connectivity index (χ3n) is 4.54. The molecule has 1 aliphatic rings. The van der Waals surface area contributed by atoms with E-state index in [1.807, 2.05) is 30.3 Å². The fourth-order valence-electron chi connectivity index (χ4n) is 2.95. The van der Waals surface area contributed by atoms with Gasteiger partial charge in [-0.3, -0.25) is 4.79 Å². The predicted octanol–water partition coefficient (Wildman–Crippen LogP) is 3.68. The Morgan fingerprint density at radius 3 is 2.32 bits per heavy atom. The maximum Gasteiger partial charge on any atom is 0.236 e. The Balaban J connectivity index is 1.57. The van der Waals surface area contributed by atoms with E-state index in [2.05, 4.69) is 0 Å². The Morgan fingerprint density at radius 2 is 1.68 bits per heavy atom. The summed E-state index contributed by atoms with van der Waals surface area (Å²) in [7, 11) is -3.52. The Kier molecular flexibility index (Phi) is 6.78. The molecule has 1 heterocycles. The molecule has 5 nitrogen and oxygen atoms in total. The molecule has 0 N–H and O–H groups in total. The summed E-state index contributed by atoms with van der Waals surface area (Å²) in [6.07, 6.45) is 1.74. The van der Waals surface area contributed by atoms with E-state index in [-0.39, 0.29) is 25.4 Å². The van der Waals surface area contributed by atoms with Crippen LogP contribution < -0.4 is 0 Å². The fraction of sp³-hybridized carbons (Fsp3) is 0.250. The Labute approximate surface area is 175 Å². The van der Waals surface area contributed by atoms with E-state index in [4.69, 9.17) is 23.2 Å². The third-order valence-corrected chi connectivity index (χ3v) is 6.69. The van der Waals surface area contributed by atoms with Gasteiger partial charge in [-0.05, 0) is 29.3 Å². The molecule has 2 aromatic rings. The van der Waals surface area contributed by atoms with Crippen LogP contribution in [0.4, 0.5) is 0 Å². The van der Waals surface area contributed by atoms with Crippen LogP contribution in [0.3, 0.4) is 0 Å². The average Bonchev–Trinajstić information content (AvgIpc) is 2.69. The largest absolute Gasteiger partial charge is 0.340 e. The molecule has 1 fully saturated rings. The summed E-state index contributed by atoms with van der Waals surface area (Å²) in [6, 6.07) is 14.3. The molecule has 0 unspecified atom stereocenters. The highest BCUT2D eigenvalue weighted by Gasteiger charge is 2.27. The van der Waals surface area contributed by atoms with Crippen LogP contribution >= 0.6 is 23.2 Å². The summed E-state index contributed by atoms with van der Waals surface area (Å²) in [5.74, 6) is -0.0823. The number of carbonyl (C=O) groups is 1. The first kappa shape index (κ1) is 20.9. The van der Waals surface area contributed by atoms with Crippen molar-refractivity contribution in [2.75, 3.05) is 26.2 Å². The lowest BCUT2D eigenvalue weighted by Crippen LogP contribution is -2.50. The SMILES string of the molecule is O=C(Cc1ccc(Cl)cc1Cl)N1CCN(S(=O)(=O)/C=C/c2ccccc2)CC1. The highest BCUT2D eigenvalue weighted by atomic mass is 35.5. The number of sulfonamides is 1. The second-order valence-electron chi connectivity index (χ2n) is 6.45. The van der Waals surface area contributed by atoms with Gasteiger partial charge >= 0.3 is 0 Å². The molecule has 1 saturated heterocycles. The van der Waals surface area contributed by atoms with Crippen molar-refractivity contribution in [2.45, 2.75) is 6.42 Å². The molecule has 0 saturated carbocycles. The standard InChI is InChI=1S/C20H20Cl2N2O3S/c21-18-7-6-17(19(22)15-18)14-20(25)23-9-11-24(12-10-23)28(26,27)13-8-16-4-2-1-3-5-16/h1-8,13,15H,9-12,14H2/b13-8+. The van der Waals surface area contributed by atoms with E-state index in [0.717, 1.165) is 5.56 Å². The van der Waals surface area contributed by atoms with E-state index in [9.17, 15) is 13.2 Å². The predicted molar refractivity (Wildman–Crippen MR) is 113 cm³/mol. The van der Waals surface area contributed by atoms with E-state index < -0.39 is 10.0 Å². The minimum atomic E-state index is -3.52. The summed E-state index contributed by atoms with van der Waals surface area (Å²) in [4.78, 5) is 14.2. The topological polar surface area (TPSA) is 57.7 Å². The quantitative estimate of drug-likeness (QED) is 0.714. The molecule has 1 aliphatic heterocycles. The molecule has 3 rings (SSSR count). The maximum atomic E-state index is 12.5. The molecule has 0 bridgehead atoms.